The Morgan fingerprint density at radius 2 is 1.78 bits per heavy atom. The Morgan fingerprint density at radius 3 is 2.50 bits per heavy atom. The minimum Gasteiger partial charge on any atom is -0.450 e. The third-order valence-electron chi connectivity index (χ3n) is 4.42. The molecule has 0 atom stereocenters. The molecule has 162 valence electrons. The number of aromatic amines is 1. The number of nitrogens with zero attached hydrogens (tertiary/aromatic N) is 4. The Morgan fingerprint density at radius 1 is 1.06 bits per heavy atom. The molecule has 2 heterocycles. The van der Waals surface area contributed by atoms with Gasteiger partial charge >= 0.3 is 6.09 Å². The topological polar surface area (TPSA) is 105 Å². The molecule has 4 rings (SSSR count). The predicted octanol–water partition coefficient (Wildman–Crippen LogP) is 6.10. The van der Waals surface area contributed by atoms with E-state index in [2.05, 4.69) is 42.6 Å². The fourth-order valence-corrected chi connectivity index (χ4v) is 3.76. The minimum absolute atomic E-state index is 0.264. The summed E-state index contributed by atoms with van der Waals surface area (Å²) in [7, 11) is 0. The lowest BCUT2D eigenvalue weighted by atomic mass is 10.2. The molecule has 2 N–H and O–H groups in total. The maximum atomic E-state index is 11.9. The first-order chi connectivity index (χ1) is 15.7. The molecule has 0 fully saturated rings. The van der Waals surface area contributed by atoms with Crippen molar-refractivity contribution in [3.05, 3.63) is 77.9 Å². The minimum atomic E-state index is -0.583. The van der Waals surface area contributed by atoms with E-state index in [1.165, 1.54) is 5.56 Å². The van der Waals surface area contributed by atoms with Crippen LogP contribution in [0.1, 0.15) is 18.1 Å². The summed E-state index contributed by atoms with van der Waals surface area (Å²) in [6, 6.07) is 21.7. The summed E-state index contributed by atoms with van der Waals surface area (Å²) < 4.78 is 4.95. The molecule has 0 bridgehead atoms. The fourth-order valence-electron chi connectivity index (χ4n) is 2.94. The van der Waals surface area contributed by atoms with E-state index in [-0.39, 0.29) is 6.61 Å². The molecule has 1 amide bonds. The maximum absolute atomic E-state index is 11.9. The van der Waals surface area contributed by atoms with Crippen LogP contribution in [0.4, 0.5) is 16.3 Å². The van der Waals surface area contributed by atoms with Crippen LogP contribution in [-0.2, 0) is 17.0 Å². The molecular formula is C23H22N6O2S. The van der Waals surface area contributed by atoms with Crippen molar-refractivity contribution in [3.8, 4) is 0 Å². The normalized spacial score (nSPS) is 11.2. The predicted molar refractivity (Wildman–Crippen MR) is 125 cm³/mol. The highest BCUT2D eigenvalue weighted by Gasteiger charge is 2.14. The van der Waals surface area contributed by atoms with Crippen LogP contribution >= 0.6 is 11.8 Å². The van der Waals surface area contributed by atoms with Gasteiger partial charge in [-0.2, -0.15) is 10.2 Å². The molecule has 0 aliphatic carbocycles. The second kappa shape index (κ2) is 10.5. The zero-order valence-electron chi connectivity index (χ0n) is 17.5. The average Bonchev–Trinajstić information content (AvgIpc) is 3.22. The largest absolute Gasteiger partial charge is 0.450 e. The zero-order valence-corrected chi connectivity index (χ0v) is 18.3. The summed E-state index contributed by atoms with van der Waals surface area (Å²) in [6.45, 7) is 2.44. The number of hydrogen-bond donors (Lipinski definition) is 2. The van der Waals surface area contributed by atoms with Crippen molar-refractivity contribution in [1.29, 1.82) is 0 Å². The number of ether oxygens (including phenoxy) is 1. The van der Waals surface area contributed by atoms with E-state index in [4.69, 9.17) is 4.74 Å². The number of nitrogens with one attached hydrogen (secondary N) is 2. The summed E-state index contributed by atoms with van der Waals surface area (Å²) in [5.74, 6) is 1.06. The summed E-state index contributed by atoms with van der Waals surface area (Å²) in [5, 5.41) is 12.0. The Balaban J connectivity index is 1.60. The number of aromatic nitrogens is 3. The number of imidazole rings is 1. The molecule has 0 saturated carbocycles. The standard InChI is InChI=1S/C23H22N6O2S/c1-2-31-23(30)26-19-13-18(29-24-14-16-9-5-3-6-10-16)20-21(25-19)28-22(27-20)32-15-17-11-7-4-8-12-17/h3-13H,2,14-15H2,1H3,(H2,25,26,27,28,30). The van der Waals surface area contributed by atoms with Crippen LogP contribution in [0, 0.1) is 0 Å². The summed E-state index contributed by atoms with van der Waals surface area (Å²) >= 11 is 1.57. The molecular weight excluding hydrogens is 424 g/mol. The van der Waals surface area contributed by atoms with Crippen LogP contribution in [-0.4, -0.2) is 27.7 Å². The Hall–Kier alpha value is -3.72. The summed E-state index contributed by atoms with van der Waals surface area (Å²) in [6.07, 6.45) is -0.583. The van der Waals surface area contributed by atoms with Gasteiger partial charge < -0.3 is 9.72 Å². The monoisotopic (exact) mass is 446 g/mol. The molecule has 0 unspecified atom stereocenters. The van der Waals surface area contributed by atoms with E-state index >= 15 is 0 Å². The van der Waals surface area contributed by atoms with Crippen LogP contribution in [0.3, 0.4) is 0 Å². The van der Waals surface area contributed by atoms with Gasteiger partial charge in [0.25, 0.3) is 0 Å². The molecule has 2 aromatic carbocycles. The number of hydrogen-bond acceptors (Lipinski definition) is 7. The van der Waals surface area contributed by atoms with E-state index < -0.39 is 6.09 Å². The first-order valence-corrected chi connectivity index (χ1v) is 11.1. The molecule has 0 radical (unpaired) electrons. The van der Waals surface area contributed by atoms with Gasteiger partial charge in [-0.15, -0.1) is 0 Å². The third-order valence-corrected chi connectivity index (χ3v) is 5.36. The molecule has 0 saturated heterocycles. The number of pyridine rings is 1. The lowest BCUT2D eigenvalue weighted by Crippen LogP contribution is -2.14. The Bertz CT molecular complexity index is 1210. The SMILES string of the molecule is CCOC(=O)Nc1cc(N=NCc2ccccc2)c2[nH]c(SCc3ccccc3)nc2n1. The summed E-state index contributed by atoms with van der Waals surface area (Å²) in [4.78, 5) is 24.1. The van der Waals surface area contributed by atoms with Gasteiger partial charge in [-0.25, -0.2) is 14.8 Å². The van der Waals surface area contributed by atoms with E-state index in [9.17, 15) is 4.79 Å². The van der Waals surface area contributed by atoms with Gasteiger partial charge in [0.2, 0.25) is 0 Å². The zero-order chi connectivity index (χ0) is 22.2. The molecule has 0 aliphatic heterocycles. The first kappa shape index (κ1) is 21.5. The lowest BCUT2D eigenvalue weighted by Gasteiger charge is -2.05. The fraction of sp³-hybridized carbons (Fsp3) is 0.174. The highest BCUT2D eigenvalue weighted by Crippen LogP contribution is 2.30. The number of anilines is 1. The van der Waals surface area contributed by atoms with Gasteiger partial charge in [-0.1, -0.05) is 72.4 Å². The highest BCUT2D eigenvalue weighted by atomic mass is 32.2. The van der Waals surface area contributed by atoms with Crippen molar-refractivity contribution >= 4 is 40.5 Å². The smallest absolute Gasteiger partial charge is 0.412 e. The Kier molecular flexibility index (Phi) is 7.08. The van der Waals surface area contributed by atoms with Crippen LogP contribution in [0.2, 0.25) is 0 Å². The van der Waals surface area contributed by atoms with Gasteiger partial charge in [0.15, 0.2) is 10.8 Å². The van der Waals surface area contributed by atoms with Gasteiger partial charge in [-0.05, 0) is 18.1 Å². The number of carbonyl (C=O) groups excluding carboxylic acids is 1. The quantitative estimate of drug-likeness (QED) is 0.251. The van der Waals surface area contributed by atoms with Gasteiger partial charge in [0, 0.05) is 11.8 Å². The van der Waals surface area contributed by atoms with E-state index in [0.717, 1.165) is 11.3 Å². The van der Waals surface area contributed by atoms with Crippen molar-refractivity contribution in [3.63, 3.8) is 0 Å². The molecule has 0 aliphatic rings. The molecule has 32 heavy (non-hydrogen) atoms. The van der Waals surface area contributed by atoms with Crippen LogP contribution in [0.25, 0.3) is 11.2 Å². The highest BCUT2D eigenvalue weighted by molar-refractivity contribution is 7.98. The number of amides is 1. The van der Waals surface area contributed by atoms with Crippen LogP contribution < -0.4 is 5.32 Å². The lowest BCUT2D eigenvalue weighted by molar-refractivity contribution is 0.168. The molecule has 2 aromatic heterocycles. The average molecular weight is 447 g/mol. The number of fused-ring (bicyclic) bond motifs is 1. The second-order valence-electron chi connectivity index (χ2n) is 6.77. The van der Waals surface area contributed by atoms with Crippen molar-refractivity contribution < 1.29 is 9.53 Å². The van der Waals surface area contributed by atoms with E-state index in [0.29, 0.717) is 34.4 Å². The summed E-state index contributed by atoms with van der Waals surface area (Å²) in [5.41, 5.74) is 3.89. The van der Waals surface area contributed by atoms with Crippen LogP contribution in [0.5, 0.6) is 0 Å². The molecule has 9 heteroatoms. The third kappa shape index (κ3) is 5.70. The van der Waals surface area contributed by atoms with Crippen molar-refractivity contribution in [1.82, 2.24) is 15.0 Å². The number of rotatable bonds is 8. The number of azo groups is 1. The van der Waals surface area contributed by atoms with Crippen molar-refractivity contribution in [2.45, 2.75) is 24.4 Å². The van der Waals surface area contributed by atoms with Gasteiger partial charge in [0.05, 0.1) is 13.2 Å². The number of carbonyl (C=O) groups is 1. The van der Waals surface area contributed by atoms with E-state index in [1.54, 1.807) is 24.8 Å². The Labute approximate surface area is 189 Å². The molecule has 4 aromatic rings. The number of benzene rings is 2. The van der Waals surface area contributed by atoms with Crippen molar-refractivity contribution in [2.24, 2.45) is 10.2 Å². The molecule has 8 nitrogen and oxygen atoms in total. The van der Waals surface area contributed by atoms with Crippen LogP contribution in [0.15, 0.2) is 82.1 Å². The first-order valence-electron chi connectivity index (χ1n) is 10.1. The number of thioether (sulfide) groups is 1. The van der Waals surface area contributed by atoms with Gasteiger partial charge in [-0.3, -0.25) is 5.32 Å². The molecule has 0 spiro atoms. The van der Waals surface area contributed by atoms with E-state index in [1.807, 2.05) is 48.5 Å². The van der Waals surface area contributed by atoms with Gasteiger partial charge in [0.1, 0.15) is 17.0 Å². The maximum Gasteiger partial charge on any atom is 0.412 e. The number of H-pyrrole nitrogens is 1. The second-order valence-corrected chi connectivity index (χ2v) is 7.74. The van der Waals surface area contributed by atoms with Crippen molar-refractivity contribution in [2.75, 3.05) is 11.9 Å².